The van der Waals surface area contributed by atoms with E-state index in [-0.39, 0.29) is 5.97 Å². The van der Waals surface area contributed by atoms with Gasteiger partial charge in [0.1, 0.15) is 7.28 Å². The third-order valence-electron chi connectivity index (χ3n) is 0.705. The number of hydrogen-bond donors (Lipinski definition) is 0. The van der Waals surface area contributed by atoms with Crippen LogP contribution in [0.15, 0.2) is 0 Å². The monoisotopic (exact) mass is 109 g/mol. The zero-order valence-electron chi connectivity index (χ0n) is 4.89. The lowest BCUT2D eigenvalue weighted by Crippen LogP contribution is -2.03. The SMILES string of the molecule is [B]C[B]CC(=O)OC. The number of rotatable bonds is 3. The fourth-order valence-corrected chi connectivity index (χ4v) is 0.285. The van der Waals surface area contributed by atoms with Crippen molar-refractivity contribution < 1.29 is 9.53 Å². The maximum absolute atomic E-state index is 10.3. The zero-order chi connectivity index (χ0) is 6.41. The molecule has 0 aromatic carbocycles. The van der Waals surface area contributed by atoms with Gasteiger partial charge in [0.2, 0.25) is 0 Å². The van der Waals surface area contributed by atoms with E-state index in [4.69, 9.17) is 7.85 Å². The molecule has 0 aliphatic heterocycles. The van der Waals surface area contributed by atoms with Crippen LogP contribution in [0.25, 0.3) is 0 Å². The molecular weight excluding hydrogens is 102 g/mol. The number of methoxy groups -OCH3 is 1. The smallest absolute Gasteiger partial charge is 0.297 e. The highest BCUT2D eigenvalue weighted by Crippen LogP contribution is 1.83. The molecule has 0 unspecified atom stereocenters. The summed E-state index contributed by atoms with van der Waals surface area (Å²) in [6, 6.07) is 0. The van der Waals surface area contributed by atoms with E-state index in [0.29, 0.717) is 12.5 Å². The van der Waals surface area contributed by atoms with E-state index < -0.39 is 0 Å². The first-order valence-corrected chi connectivity index (χ1v) is 2.39. The van der Waals surface area contributed by atoms with Gasteiger partial charge >= 0.3 is 0 Å². The lowest BCUT2D eigenvalue weighted by Gasteiger charge is -1.92. The van der Waals surface area contributed by atoms with Crippen LogP contribution in [0, 0.1) is 0 Å². The van der Waals surface area contributed by atoms with Crippen LogP contribution >= 0.6 is 0 Å². The first-order valence-electron chi connectivity index (χ1n) is 2.39. The average Bonchev–Trinajstić information content (AvgIpc) is 1.83. The molecule has 0 aliphatic carbocycles. The molecule has 0 aromatic rings. The normalized spacial score (nSPS) is 8.12. The van der Waals surface area contributed by atoms with Gasteiger partial charge in [-0.3, -0.25) is 4.79 Å². The van der Waals surface area contributed by atoms with E-state index in [2.05, 4.69) is 4.74 Å². The third kappa shape index (κ3) is 3.78. The Balaban J connectivity index is 2.99. The summed E-state index contributed by atoms with van der Waals surface area (Å²) in [6.07, 6.45) is 0.738. The molecule has 3 radical (unpaired) electrons. The van der Waals surface area contributed by atoms with Crippen molar-refractivity contribution in [2.45, 2.75) is 12.5 Å². The van der Waals surface area contributed by atoms with Gasteiger partial charge < -0.3 is 4.74 Å². The Hall–Kier alpha value is -0.400. The second-order valence-electron chi connectivity index (χ2n) is 1.30. The molecule has 0 saturated carbocycles. The Morgan fingerprint density at radius 2 is 2.50 bits per heavy atom. The molecule has 0 aliphatic rings. The van der Waals surface area contributed by atoms with Gasteiger partial charge in [-0.2, -0.15) is 0 Å². The Morgan fingerprint density at radius 1 is 1.88 bits per heavy atom. The molecule has 0 bridgehead atoms. The number of carbonyl (C=O) groups excluding carboxylic acids is 1. The van der Waals surface area contributed by atoms with E-state index in [9.17, 15) is 4.79 Å². The summed E-state index contributed by atoms with van der Waals surface area (Å²) in [4.78, 5) is 10.3. The minimum Gasteiger partial charge on any atom is -0.470 e. The molecule has 8 heavy (non-hydrogen) atoms. The molecule has 0 amide bonds. The van der Waals surface area contributed by atoms with Crippen molar-refractivity contribution in [3.8, 4) is 0 Å². The van der Waals surface area contributed by atoms with Crippen molar-refractivity contribution in [2.24, 2.45) is 0 Å². The lowest BCUT2D eigenvalue weighted by atomic mass is 9.63. The second-order valence-corrected chi connectivity index (χ2v) is 1.30. The lowest BCUT2D eigenvalue weighted by molar-refractivity contribution is -0.137. The Kier molecular flexibility index (Phi) is 4.51. The van der Waals surface area contributed by atoms with Crippen molar-refractivity contribution in [2.75, 3.05) is 7.11 Å². The predicted octanol–water partition coefficient (Wildman–Crippen LogP) is -0.174. The highest BCUT2D eigenvalue weighted by atomic mass is 16.5. The van der Waals surface area contributed by atoms with Crippen LogP contribution in [0.3, 0.4) is 0 Å². The fourth-order valence-electron chi connectivity index (χ4n) is 0.285. The van der Waals surface area contributed by atoms with Crippen LogP contribution < -0.4 is 0 Å². The maximum Gasteiger partial charge on any atom is 0.297 e. The molecule has 41 valence electrons. The molecule has 0 saturated heterocycles. The van der Waals surface area contributed by atoms with Crippen LogP contribution in [0.4, 0.5) is 0 Å². The quantitative estimate of drug-likeness (QED) is 0.371. The van der Waals surface area contributed by atoms with Crippen molar-refractivity contribution in [3.63, 3.8) is 0 Å². The number of ether oxygens (including phenoxy) is 1. The molecule has 0 heterocycles. The van der Waals surface area contributed by atoms with Crippen molar-refractivity contribution in [3.05, 3.63) is 0 Å². The maximum atomic E-state index is 10.3. The summed E-state index contributed by atoms with van der Waals surface area (Å²) in [6.45, 7) is 0. The number of esters is 1. The average molecular weight is 109 g/mol. The van der Waals surface area contributed by atoms with Gasteiger partial charge in [0, 0.05) is 6.32 Å². The molecule has 0 spiro atoms. The molecule has 4 heteroatoms. The summed E-state index contributed by atoms with van der Waals surface area (Å²) in [5, 5.41) is 0. The van der Waals surface area contributed by atoms with E-state index in [0.717, 1.165) is 0 Å². The van der Waals surface area contributed by atoms with Gasteiger partial charge in [-0.25, -0.2) is 0 Å². The summed E-state index contributed by atoms with van der Waals surface area (Å²) >= 11 is 0. The van der Waals surface area contributed by atoms with Gasteiger partial charge in [-0.15, -0.1) is 6.22 Å². The summed E-state index contributed by atoms with van der Waals surface area (Å²) in [7, 11) is 8.08. The van der Waals surface area contributed by atoms with Crippen molar-refractivity contribution in [1.82, 2.24) is 0 Å². The predicted molar refractivity (Wildman–Crippen MR) is 33.1 cm³/mol. The molecule has 0 atom stereocenters. The van der Waals surface area contributed by atoms with Gasteiger partial charge in [0.15, 0.2) is 0 Å². The van der Waals surface area contributed by atoms with E-state index >= 15 is 0 Å². The van der Waals surface area contributed by atoms with Crippen molar-refractivity contribution >= 4 is 21.1 Å². The molecular formula is C4H7B2O2. The van der Waals surface area contributed by atoms with Crippen LogP contribution in [0.5, 0.6) is 0 Å². The van der Waals surface area contributed by atoms with E-state index in [1.807, 2.05) is 0 Å². The Bertz CT molecular complexity index is 74.4. The van der Waals surface area contributed by atoms with E-state index in [1.165, 1.54) is 7.11 Å². The van der Waals surface area contributed by atoms with Crippen LogP contribution in [-0.2, 0) is 9.53 Å². The molecule has 0 fully saturated rings. The minimum atomic E-state index is -0.240. The Morgan fingerprint density at radius 3 is 2.88 bits per heavy atom. The van der Waals surface area contributed by atoms with Gasteiger partial charge in [0.25, 0.3) is 5.97 Å². The van der Waals surface area contributed by atoms with E-state index in [1.54, 1.807) is 7.28 Å². The number of hydrogen-bond acceptors (Lipinski definition) is 2. The largest absolute Gasteiger partial charge is 0.470 e. The van der Waals surface area contributed by atoms with Crippen LogP contribution in [-0.4, -0.2) is 28.2 Å². The topological polar surface area (TPSA) is 26.3 Å². The molecule has 2 nitrogen and oxygen atoms in total. The summed E-state index contributed by atoms with van der Waals surface area (Å²) < 4.78 is 4.33. The van der Waals surface area contributed by atoms with Gasteiger partial charge in [0.05, 0.1) is 15.0 Å². The summed E-state index contributed by atoms with van der Waals surface area (Å²) in [5.41, 5.74) is 0. The molecule has 0 N–H and O–H groups in total. The fraction of sp³-hybridized carbons (Fsp3) is 0.750. The van der Waals surface area contributed by atoms with Crippen LogP contribution in [0.2, 0.25) is 12.5 Å². The highest BCUT2D eigenvalue weighted by Gasteiger charge is 1.96. The second kappa shape index (κ2) is 4.75. The Labute approximate surface area is 51.2 Å². The van der Waals surface area contributed by atoms with Gasteiger partial charge in [-0.1, -0.05) is 0 Å². The standard InChI is InChI=1S/C4H7B2O2/c1-8-4(7)2-6-3-5/h2-3H2,1H3. The number of carbonyl (C=O) groups is 1. The van der Waals surface area contributed by atoms with Crippen molar-refractivity contribution in [1.29, 1.82) is 0 Å². The minimum absolute atomic E-state index is 0.240. The van der Waals surface area contributed by atoms with Gasteiger partial charge in [-0.05, 0) is 0 Å². The first-order chi connectivity index (χ1) is 3.81. The molecule has 0 rings (SSSR count). The first kappa shape index (κ1) is 7.60. The summed E-state index contributed by atoms with van der Waals surface area (Å²) in [5.74, 6) is -0.240. The van der Waals surface area contributed by atoms with Crippen LogP contribution in [0.1, 0.15) is 0 Å². The third-order valence-corrected chi connectivity index (χ3v) is 0.705. The highest BCUT2D eigenvalue weighted by molar-refractivity contribution is 6.50. The molecule has 0 aromatic heterocycles. The zero-order valence-corrected chi connectivity index (χ0v) is 4.89.